The van der Waals surface area contributed by atoms with Crippen LogP contribution in [0.1, 0.15) is 36.1 Å². The number of barbiturate groups is 1. The van der Waals surface area contributed by atoms with E-state index in [4.69, 9.17) is 4.98 Å². The predicted molar refractivity (Wildman–Crippen MR) is 123 cm³/mol. The number of pyridine rings is 1. The number of aromatic nitrogens is 2. The molecule has 2 atom stereocenters. The van der Waals surface area contributed by atoms with Gasteiger partial charge in [-0.25, -0.2) is 9.78 Å². The molecule has 3 aromatic rings. The van der Waals surface area contributed by atoms with Crippen molar-refractivity contribution in [2.45, 2.75) is 32.2 Å². The Labute approximate surface area is 195 Å². The second-order valence-corrected chi connectivity index (χ2v) is 9.06. The van der Waals surface area contributed by atoms with Gasteiger partial charge in [0.05, 0.1) is 11.6 Å². The number of carbonyl (C=O) groups excluding carboxylic acids is 3. The van der Waals surface area contributed by atoms with Crippen LogP contribution in [0.4, 0.5) is 10.6 Å². The van der Waals surface area contributed by atoms with E-state index in [2.05, 4.69) is 5.32 Å². The molecular weight excluding hydrogens is 434 g/mol. The van der Waals surface area contributed by atoms with Gasteiger partial charge in [-0.3, -0.25) is 29.0 Å². The van der Waals surface area contributed by atoms with E-state index in [1.54, 1.807) is 18.3 Å². The van der Waals surface area contributed by atoms with Crippen molar-refractivity contribution in [2.24, 2.45) is 5.41 Å². The summed E-state index contributed by atoms with van der Waals surface area (Å²) in [6, 6.07) is 11.7. The van der Waals surface area contributed by atoms with Gasteiger partial charge in [-0.15, -0.1) is 0 Å². The fourth-order valence-corrected chi connectivity index (χ4v) is 5.74. The predicted octanol–water partition coefficient (Wildman–Crippen LogP) is 1.83. The molecule has 1 spiro atoms. The first kappa shape index (κ1) is 20.6. The van der Waals surface area contributed by atoms with Crippen molar-refractivity contribution in [2.75, 3.05) is 18.0 Å². The standard InChI is InChI=1S/C25H23N5O4/c1-2-11-30-23(33)25(22(32)27-24(30)34)14-17-20(26-18-9-5-6-12-28(18)21(17)31)29-13-10-15-7-3-4-8-16(15)19(25)29/h3-9,12,19H,2,10-11,13-14H2,1H3,(H,27,32,34)/t19-,25-/m1/s1. The lowest BCUT2D eigenvalue weighted by Gasteiger charge is -2.53. The van der Waals surface area contributed by atoms with Gasteiger partial charge in [0.25, 0.3) is 5.56 Å². The molecule has 1 saturated heterocycles. The molecule has 3 aliphatic heterocycles. The van der Waals surface area contributed by atoms with Crippen molar-refractivity contribution in [1.82, 2.24) is 19.6 Å². The molecule has 0 radical (unpaired) electrons. The highest BCUT2D eigenvalue weighted by molar-refractivity contribution is 6.20. The van der Waals surface area contributed by atoms with Crippen LogP contribution in [0.25, 0.3) is 5.65 Å². The van der Waals surface area contributed by atoms with Crippen LogP contribution >= 0.6 is 0 Å². The van der Waals surface area contributed by atoms with E-state index in [9.17, 15) is 19.2 Å². The number of imide groups is 2. The van der Waals surface area contributed by atoms with Crippen LogP contribution in [-0.4, -0.2) is 45.2 Å². The third kappa shape index (κ3) is 2.57. The second kappa shape index (κ2) is 7.24. The Bertz CT molecular complexity index is 1450. The number of hydrogen-bond donors (Lipinski definition) is 1. The molecule has 0 aliphatic carbocycles. The number of benzene rings is 1. The number of nitrogens with one attached hydrogen (secondary N) is 1. The first-order chi connectivity index (χ1) is 16.5. The number of amides is 4. The maximum atomic E-state index is 14.1. The molecule has 1 N–H and O–H groups in total. The van der Waals surface area contributed by atoms with E-state index >= 15 is 0 Å². The first-order valence-electron chi connectivity index (χ1n) is 11.5. The Morgan fingerprint density at radius 3 is 2.71 bits per heavy atom. The monoisotopic (exact) mass is 457 g/mol. The Hall–Kier alpha value is -4.01. The number of hydrogen-bond acceptors (Lipinski definition) is 6. The highest BCUT2D eigenvalue weighted by Gasteiger charge is 2.64. The lowest BCUT2D eigenvalue weighted by Crippen LogP contribution is -2.70. The van der Waals surface area contributed by atoms with Gasteiger partial charge in [0.15, 0.2) is 5.41 Å². The van der Waals surface area contributed by atoms with Crippen LogP contribution in [0.5, 0.6) is 0 Å². The number of anilines is 1. The molecule has 0 saturated carbocycles. The van der Waals surface area contributed by atoms with Gasteiger partial charge in [0, 0.05) is 25.7 Å². The van der Waals surface area contributed by atoms with Crippen molar-refractivity contribution >= 4 is 29.3 Å². The second-order valence-electron chi connectivity index (χ2n) is 9.06. The van der Waals surface area contributed by atoms with Crippen LogP contribution in [-0.2, 0) is 22.4 Å². The molecule has 0 unspecified atom stereocenters. The number of urea groups is 1. The van der Waals surface area contributed by atoms with E-state index < -0.39 is 29.3 Å². The molecule has 4 amide bonds. The van der Waals surface area contributed by atoms with Crippen molar-refractivity contribution in [3.63, 3.8) is 0 Å². The minimum Gasteiger partial charge on any atom is -0.347 e. The maximum Gasteiger partial charge on any atom is 0.330 e. The summed E-state index contributed by atoms with van der Waals surface area (Å²) in [6.07, 6.45) is 2.75. The number of carbonyl (C=O) groups is 3. The van der Waals surface area contributed by atoms with Crippen molar-refractivity contribution < 1.29 is 14.4 Å². The zero-order valence-corrected chi connectivity index (χ0v) is 18.7. The van der Waals surface area contributed by atoms with Crippen LogP contribution in [0, 0.1) is 5.41 Å². The highest BCUT2D eigenvalue weighted by Crippen LogP contribution is 2.52. The third-order valence-electron chi connectivity index (χ3n) is 7.23. The highest BCUT2D eigenvalue weighted by atomic mass is 16.2. The number of nitrogens with zero attached hydrogens (tertiary/aromatic N) is 4. The van der Waals surface area contributed by atoms with Crippen LogP contribution < -0.4 is 15.8 Å². The van der Waals surface area contributed by atoms with Gasteiger partial charge < -0.3 is 4.90 Å². The average molecular weight is 457 g/mol. The molecule has 5 heterocycles. The SMILES string of the molecule is CCCN1C(=O)NC(=O)[C@]2(Cc3c(nc4ccccn4c3=O)N3CCc4ccccc4[C@@H]32)C1=O. The van der Waals surface area contributed by atoms with E-state index in [0.29, 0.717) is 36.4 Å². The molecule has 34 heavy (non-hydrogen) atoms. The minimum atomic E-state index is -1.66. The normalized spacial score (nSPS) is 23.6. The fourth-order valence-electron chi connectivity index (χ4n) is 5.74. The summed E-state index contributed by atoms with van der Waals surface area (Å²) >= 11 is 0. The maximum absolute atomic E-state index is 14.1. The molecule has 9 nitrogen and oxygen atoms in total. The molecule has 9 heteroatoms. The van der Waals surface area contributed by atoms with Gasteiger partial charge in [-0.05, 0) is 36.1 Å². The Balaban J connectivity index is 1.66. The van der Waals surface area contributed by atoms with E-state index in [0.717, 1.165) is 16.0 Å². The van der Waals surface area contributed by atoms with Gasteiger partial charge in [-0.1, -0.05) is 37.3 Å². The molecule has 6 rings (SSSR count). The fraction of sp³-hybridized carbons (Fsp3) is 0.320. The minimum absolute atomic E-state index is 0.125. The molecule has 1 aromatic carbocycles. The molecule has 2 aromatic heterocycles. The Morgan fingerprint density at radius 2 is 1.88 bits per heavy atom. The lowest BCUT2D eigenvalue weighted by atomic mass is 9.65. The molecule has 0 bridgehead atoms. The largest absolute Gasteiger partial charge is 0.347 e. The van der Waals surface area contributed by atoms with Crippen LogP contribution in [0.3, 0.4) is 0 Å². The summed E-state index contributed by atoms with van der Waals surface area (Å²) in [5.74, 6) is -0.719. The number of rotatable bonds is 2. The van der Waals surface area contributed by atoms with Crippen molar-refractivity contribution in [1.29, 1.82) is 0 Å². The molecule has 172 valence electrons. The van der Waals surface area contributed by atoms with E-state index in [-0.39, 0.29) is 18.5 Å². The Kier molecular flexibility index (Phi) is 4.39. The van der Waals surface area contributed by atoms with E-state index in [1.165, 1.54) is 4.40 Å². The van der Waals surface area contributed by atoms with Crippen LogP contribution in [0.15, 0.2) is 53.5 Å². The summed E-state index contributed by atoms with van der Waals surface area (Å²) in [5.41, 5.74) is 0.746. The van der Waals surface area contributed by atoms with Crippen LogP contribution in [0.2, 0.25) is 0 Å². The van der Waals surface area contributed by atoms with Crippen molar-refractivity contribution in [3.8, 4) is 0 Å². The Morgan fingerprint density at radius 1 is 1.09 bits per heavy atom. The summed E-state index contributed by atoms with van der Waals surface area (Å²) in [7, 11) is 0. The molecule has 1 fully saturated rings. The zero-order valence-electron chi connectivity index (χ0n) is 18.7. The summed E-state index contributed by atoms with van der Waals surface area (Å²) in [6.45, 7) is 2.55. The van der Waals surface area contributed by atoms with Gasteiger partial charge in [0.1, 0.15) is 11.5 Å². The smallest absolute Gasteiger partial charge is 0.330 e. The summed E-state index contributed by atoms with van der Waals surface area (Å²) in [4.78, 5) is 61.7. The topological polar surface area (TPSA) is 104 Å². The van der Waals surface area contributed by atoms with E-state index in [1.807, 2.05) is 42.2 Å². The average Bonchev–Trinajstić information content (AvgIpc) is 2.85. The summed E-state index contributed by atoms with van der Waals surface area (Å²) in [5, 5.41) is 2.43. The van der Waals surface area contributed by atoms with Crippen molar-refractivity contribution in [3.05, 3.63) is 75.7 Å². The van der Waals surface area contributed by atoms with Gasteiger partial charge >= 0.3 is 6.03 Å². The van der Waals surface area contributed by atoms with Gasteiger partial charge in [0.2, 0.25) is 11.8 Å². The van der Waals surface area contributed by atoms with Gasteiger partial charge in [-0.2, -0.15) is 0 Å². The molecule has 3 aliphatic rings. The third-order valence-corrected chi connectivity index (χ3v) is 7.23. The quantitative estimate of drug-likeness (QED) is 0.589. The first-order valence-corrected chi connectivity index (χ1v) is 11.5. The molecular formula is C25H23N5O4. The lowest BCUT2D eigenvalue weighted by molar-refractivity contribution is -0.154. The number of fused-ring (bicyclic) bond motifs is 7. The summed E-state index contributed by atoms with van der Waals surface area (Å²) < 4.78 is 1.44. The zero-order chi connectivity index (χ0) is 23.6.